The Morgan fingerprint density at radius 2 is 2.00 bits per heavy atom. The lowest BCUT2D eigenvalue weighted by molar-refractivity contribution is -0.141. The number of nitrogens with one attached hydrogen (secondary N) is 2. The Hall–Kier alpha value is -2.94. The minimum absolute atomic E-state index is 0.00322. The van der Waals surface area contributed by atoms with Crippen LogP contribution in [0.4, 0.5) is 18.9 Å². The highest BCUT2D eigenvalue weighted by Crippen LogP contribution is 2.32. The molecule has 0 fully saturated rings. The van der Waals surface area contributed by atoms with Gasteiger partial charge in [-0.15, -0.1) is 0 Å². The predicted octanol–water partition coefficient (Wildman–Crippen LogP) is 3.39. The van der Waals surface area contributed by atoms with Crippen LogP contribution >= 0.6 is 0 Å². The summed E-state index contributed by atoms with van der Waals surface area (Å²) in [7, 11) is 0. The van der Waals surface area contributed by atoms with E-state index in [-0.39, 0.29) is 12.1 Å². The van der Waals surface area contributed by atoms with Crippen LogP contribution in [0.1, 0.15) is 30.8 Å². The second kappa shape index (κ2) is 6.66. The van der Waals surface area contributed by atoms with Crippen molar-refractivity contribution in [3.05, 3.63) is 53.5 Å². The number of rotatable bonds is 4. The van der Waals surface area contributed by atoms with Crippen molar-refractivity contribution < 1.29 is 23.1 Å². The van der Waals surface area contributed by atoms with Gasteiger partial charge in [0.25, 0.3) is 0 Å². The molecule has 0 aliphatic rings. The van der Waals surface area contributed by atoms with Crippen molar-refractivity contribution in [2.75, 3.05) is 5.32 Å². The summed E-state index contributed by atoms with van der Waals surface area (Å²) in [6.45, 7) is 3.13. The van der Waals surface area contributed by atoms with Crippen molar-refractivity contribution in [1.82, 2.24) is 15.2 Å². The molecule has 2 aromatic heterocycles. The third-order valence-corrected chi connectivity index (χ3v) is 3.95. The molecule has 0 saturated carbocycles. The smallest absolute Gasteiger partial charge is 0.386 e. The summed E-state index contributed by atoms with van der Waals surface area (Å²) in [5.74, 6) is -0.546. The van der Waals surface area contributed by atoms with Gasteiger partial charge in [0.15, 0.2) is 0 Å². The SMILES string of the molecule is CC(C)(O)c1cc2[nH]ncc2cc1NC(=O)Cc1cccc(C(F)(F)F)n1. The van der Waals surface area contributed by atoms with E-state index in [9.17, 15) is 23.1 Å². The Morgan fingerprint density at radius 3 is 2.67 bits per heavy atom. The number of carbonyl (C=O) groups excluding carboxylic acids is 1. The van der Waals surface area contributed by atoms with Gasteiger partial charge < -0.3 is 10.4 Å². The van der Waals surface area contributed by atoms with E-state index < -0.39 is 23.4 Å². The van der Waals surface area contributed by atoms with Crippen LogP contribution < -0.4 is 5.32 Å². The second-order valence-corrected chi connectivity index (χ2v) is 6.65. The number of amides is 1. The second-order valence-electron chi connectivity index (χ2n) is 6.65. The molecule has 9 heteroatoms. The summed E-state index contributed by atoms with van der Waals surface area (Å²) in [5, 5.41) is 20.4. The van der Waals surface area contributed by atoms with E-state index in [1.54, 1.807) is 32.2 Å². The molecule has 0 saturated heterocycles. The highest BCUT2D eigenvalue weighted by Gasteiger charge is 2.32. The maximum absolute atomic E-state index is 12.8. The summed E-state index contributed by atoms with van der Waals surface area (Å²) in [6, 6.07) is 6.72. The van der Waals surface area contributed by atoms with E-state index in [1.807, 2.05) is 0 Å². The molecule has 0 atom stereocenters. The molecule has 0 spiro atoms. The minimum atomic E-state index is -4.58. The lowest BCUT2D eigenvalue weighted by Crippen LogP contribution is -2.22. The Morgan fingerprint density at radius 1 is 1.26 bits per heavy atom. The van der Waals surface area contributed by atoms with Crippen LogP contribution in [0, 0.1) is 0 Å². The summed E-state index contributed by atoms with van der Waals surface area (Å²) in [4.78, 5) is 15.8. The van der Waals surface area contributed by atoms with Gasteiger partial charge in [0, 0.05) is 16.6 Å². The Balaban J connectivity index is 1.86. The number of aromatic nitrogens is 3. The maximum Gasteiger partial charge on any atom is 0.433 e. The summed E-state index contributed by atoms with van der Waals surface area (Å²) >= 11 is 0. The zero-order chi connectivity index (χ0) is 19.8. The number of nitrogens with zero attached hydrogens (tertiary/aromatic N) is 2. The number of benzene rings is 1. The van der Waals surface area contributed by atoms with Crippen molar-refractivity contribution in [3.63, 3.8) is 0 Å². The van der Waals surface area contributed by atoms with E-state index in [2.05, 4.69) is 20.5 Å². The largest absolute Gasteiger partial charge is 0.433 e. The van der Waals surface area contributed by atoms with Crippen molar-refractivity contribution in [2.45, 2.75) is 32.0 Å². The number of hydrogen-bond acceptors (Lipinski definition) is 4. The fourth-order valence-electron chi connectivity index (χ4n) is 2.70. The number of H-pyrrole nitrogens is 1. The van der Waals surface area contributed by atoms with Crippen LogP contribution in [-0.4, -0.2) is 26.2 Å². The molecule has 142 valence electrons. The maximum atomic E-state index is 12.8. The first-order valence-electron chi connectivity index (χ1n) is 8.07. The number of carbonyl (C=O) groups is 1. The molecule has 1 amide bonds. The zero-order valence-electron chi connectivity index (χ0n) is 14.6. The van der Waals surface area contributed by atoms with Crippen molar-refractivity contribution in [3.8, 4) is 0 Å². The Bertz CT molecular complexity index is 990. The van der Waals surface area contributed by atoms with E-state index in [0.717, 1.165) is 11.5 Å². The average molecular weight is 378 g/mol. The molecule has 27 heavy (non-hydrogen) atoms. The molecule has 3 rings (SSSR count). The van der Waals surface area contributed by atoms with Gasteiger partial charge in [0.2, 0.25) is 5.91 Å². The third-order valence-electron chi connectivity index (χ3n) is 3.95. The molecule has 0 radical (unpaired) electrons. The number of halogens is 3. The Labute approximate surface area is 152 Å². The molecular weight excluding hydrogens is 361 g/mol. The molecule has 2 heterocycles. The molecular formula is C18H17F3N4O2. The van der Waals surface area contributed by atoms with Crippen LogP contribution in [-0.2, 0) is 23.0 Å². The summed E-state index contributed by atoms with van der Waals surface area (Å²) < 4.78 is 38.3. The fourth-order valence-corrected chi connectivity index (χ4v) is 2.70. The molecule has 0 unspecified atom stereocenters. The van der Waals surface area contributed by atoms with Gasteiger partial charge in [-0.2, -0.15) is 18.3 Å². The standard InChI is InChI=1S/C18H17F3N4O2/c1-17(2,27)12-8-13-10(9-22-25-13)6-14(12)24-16(26)7-11-4-3-5-15(23-11)18(19,20)21/h3-6,8-9,27H,7H2,1-2H3,(H,22,25)(H,24,26). The van der Waals surface area contributed by atoms with Crippen LogP contribution in [0.3, 0.4) is 0 Å². The highest BCUT2D eigenvalue weighted by atomic mass is 19.4. The number of fused-ring (bicyclic) bond motifs is 1. The quantitative estimate of drug-likeness (QED) is 0.649. The van der Waals surface area contributed by atoms with E-state index in [4.69, 9.17) is 0 Å². The first-order chi connectivity index (χ1) is 12.5. The van der Waals surface area contributed by atoms with Crippen LogP contribution in [0.5, 0.6) is 0 Å². The van der Waals surface area contributed by atoms with Crippen molar-refractivity contribution in [2.24, 2.45) is 0 Å². The molecule has 0 aliphatic carbocycles. The predicted molar refractivity (Wildman–Crippen MR) is 92.9 cm³/mol. The highest BCUT2D eigenvalue weighted by molar-refractivity contribution is 5.96. The lowest BCUT2D eigenvalue weighted by Gasteiger charge is -2.22. The van der Waals surface area contributed by atoms with Crippen molar-refractivity contribution >= 4 is 22.5 Å². The van der Waals surface area contributed by atoms with Gasteiger partial charge >= 0.3 is 6.18 Å². The first-order valence-corrected chi connectivity index (χ1v) is 8.07. The lowest BCUT2D eigenvalue weighted by atomic mass is 9.95. The third kappa shape index (κ3) is 4.25. The normalized spacial score (nSPS) is 12.4. The van der Waals surface area contributed by atoms with Gasteiger partial charge in [-0.1, -0.05) is 6.07 Å². The number of pyridine rings is 1. The van der Waals surface area contributed by atoms with Gasteiger partial charge in [0.1, 0.15) is 5.69 Å². The van der Waals surface area contributed by atoms with E-state index in [0.29, 0.717) is 16.8 Å². The Kier molecular flexibility index (Phi) is 4.64. The number of hydrogen-bond donors (Lipinski definition) is 3. The number of alkyl halides is 3. The van der Waals surface area contributed by atoms with Gasteiger partial charge in [-0.05, 0) is 38.1 Å². The van der Waals surface area contributed by atoms with Gasteiger partial charge in [-0.3, -0.25) is 9.89 Å². The van der Waals surface area contributed by atoms with Crippen LogP contribution in [0.15, 0.2) is 36.5 Å². The van der Waals surface area contributed by atoms with Crippen molar-refractivity contribution in [1.29, 1.82) is 0 Å². The molecule has 3 aromatic rings. The molecule has 6 nitrogen and oxygen atoms in total. The molecule has 1 aromatic carbocycles. The van der Waals surface area contributed by atoms with Gasteiger partial charge in [-0.25, -0.2) is 4.98 Å². The molecule has 0 aliphatic heterocycles. The molecule has 3 N–H and O–H groups in total. The first kappa shape index (κ1) is 18.8. The van der Waals surface area contributed by atoms with E-state index >= 15 is 0 Å². The minimum Gasteiger partial charge on any atom is -0.386 e. The summed E-state index contributed by atoms with van der Waals surface area (Å²) in [6.07, 6.45) is -3.35. The summed E-state index contributed by atoms with van der Waals surface area (Å²) in [5.41, 5.74) is -0.819. The number of aromatic amines is 1. The molecule has 0 bridgehead atoms. The van der Waals surface area contributed by atoms with Crippen LogP contribution in [0.2, 0.25) is 0 Å². The number of anilines is 1. The monoisotopic (exact) mass is 378 g/mol. The average Bonchev–Trinajstić information content (AvgIpc) is 3.00. The van der Waals surface area contributed by atoms with Crippen LogP contribution in [0.25, 0.3) is 10.9 Å². The number of aliphatic hydroxyl groups is 1. The van der Waals surface area contributed by atoms with Gasteiger partial charge in [0.05, 0.1) is 29.4 Å². The fraction of sp³-hybridized carbons (Fsp3) is 0.278. The topological polar surface area (TPSA) is 90.9 Å². The van der Waals surface area contributed by atoms with E-state index in [1.165, 1.54) is 12.1 Å². The zero-order valence-corrected chi connectivity index (χ0v) is 14.6.